The van der Waals surface area contributed by atoms with Crippen LogP contribution in [0.15, 0.2) is 23.1 Å². The molecule has 21 heavy (non-hydrogen) atoms. The Bertz CT molecular complexity index is 611. The summed E-state index contributed by atoms with van der Waals surface area (Å²) in [6, 6.07) is 3.04. The van der Waals surface area contributed by atoms with Crippen molar-refractivity contribution in [2.45, 2.75) is 24.8 Å². The Hall–Kier alpha value is -1.80. The molecular formula is C13H19NO6S. The van der Waals surface area contributed by atoms with E-state index in [9.17, 15) is 13.2 Å². The monoisotopic (exact) mass is 317 g/mol. The van der Waals surface area contributed by atoms with Gasteiger partial charge in [-0.2, -0.15) is 4.72 Å². The van der Waals surface area contributed by atoms with E-state index in [1.54, 1.807) is 19.9 Å². The Kier molecular flexibility index (Phi) is 5.56. The topological polar surface area (TPSA) is 102 Å². The zero-order valence-corrected chi connectivity index (χ0v) is 13.1. The van der Waals surface area contributed by atoms with Crippen molar-refractivity contribution < 1.29 is 27.8 Å². The number of aliphatic carboxylic acids is 1. The van der Waals surface area contributed by atoms with Crippen LogP contribution in [0.5, 0.6) is 11.5 Å². The van der Waals surface area contributed by atoms with Crippen LogP contribution < -0.4 is 14.2 Å². The molecule has 0 bridgehead atoms. The average molecular weight is 317 g/mol. The molecule has 0 aliphatic carbocycles. The van der Waals surface area contributed by atoms with Crippen LogP contribution in [0, 0.1) is 5.92 Å². The molecule has 0 heterocycles. The molecule has 0 aromatic heterocycles. The maximum atomic E-state index is 12.4. The second kappa shape index (κ2) is 6.77. The minimum Gasteiger partial charge on any atom is -0.497 e. The Morgan fingerprint density at radius 3 is 2.29 bits per heavy atom. The third kappa shape index (κ3) is 4.08. The lowest BCUT2D eigenvalue weighted by molar-refractivity contribution is -0.140. The molecule has 1 aromatic rings. The number of rotatable bonds is 7. The van der Waals surface area contributed by atoms with E-state index in [-0.39, 0.29) is 10.6 Å². The summed E-state index contributed by atoms with van der Waals surface area (Å²) >= 11 is 0. The highest BCUT2D eigenvalue weighted by Gasteiger charge is 2.30. The summed E-state index contributed by atoms with van der Waals surface area (Å²) in [5.74, 6) is -1.21. The average Bonchev–Trinajstić information content (AvgIpc) is 2.43. The predicted octanol–water partition coefficient (Wildman–Crippen LogP) is 1.09. The normalized spacial score (nSPS) is 13.0. The highest BCUT2D eigenvalue weighted by atomic mass is 32.2. The van der Waals surface area contributed by atoms with Crippen molar-refractivity contribution in [3.05, 3.63) is 18.2 Å². The largest absolute Gasteiger partial charge is 0.497 e. The first-order valence-corrected chi connectivity index (χ1v) is 7.68. The molecule has 0 aliphatic heterocycles. The SMILES string of the molecule is COc1ccc(OC)c(S(=O)(=O)N[C@@H](C(=O)O)C(C)C)c1. The van der Waals surface area contributed by atoms with Crippen LogP contribution in [0.2, 0.25) is 0 Å². The minimum absolute atomic E-state index is 0.108. The Morgan fingerprint density at radius 2 is 1.86 bits per heavy atom. The van der Waals surface area contributed by atoms with E-state index >= 15 is 0 Å². The van der Waals surface area contributed by atoms with Crippen molar-refractivity contribution in [1.82, 2.24) is 4.72 Å². The minimum atomic E-state index is -4.06. The quantitative estimate of drug-likeness (QED) is 0.780. The second-order valence-corrected chi connectivity index (χ2v) is 6.38. The van der Waals surface area contributed by atoms with E-state index < -0.39 is 28.0 Å². The molecule has 1 aromatic carbocycles. The zero-order valence-electron chi connectivity index (χ0n) is 12.3. The van der Waals surface area contributed by atoms with Gasteiger partial charge in [0.25, 0.3) is 0 Å². The van der Waals surface area contributed by atoms with Gasteiger partial charge in [0.05, 0.1) is 14.2 Å². The van der Waals surface area contributed by atoms with Gasteiger partial charge in [0.1, 0.15) is 22.4 Å². The second-order valence-electron chi connectivity index (χ2n) is 4.70. The van der Waals surface area contributed by atoms with E-state index in [0.717, 1.165) is 0 Å². The number of nitrogens with one attached hydrogen (secondary N) is 1. The van der Waals surface area contributed by atoms with Gasteiger partial charge in [0, 0.05) is 6.07 Å². The molecule has 0 aliphatic rings. The molecule has 8 heteroatoms. The van der Waals surface area contributed by atoms with E-state index in [2.05, 4.69) is 4.72 Å². The number of benzene rings is 1. The van der Waals surface area contributed by atoms with Gasteiger partial charge >= 0.3 is 5.97 Å². The molecule has 0 unspecified atom stereocenters. The Labute approximate surface area is 123 Å². The summed E-state index contributed by atoms with van der Waals surface area (Å²) in [6.07, 6.45) is 0. The van der Waals surface area contributed by atoms with Crippen LogP contribution >= 0.6 is 0 Å². The third-order valence-electron chi connectivity index (χ3n) is 2.88. The van der Waals surface area contributed by atoms with Crippen LogP contribution in [0.25, 0.3) is 0 Å². The molecule has 1 atom stereocenters. The number of carbonyl (C=O) groups is 1. The molecule has 0 radical (unpaired) electrons. The van der Waals surface area contributed by atoms with E-state index in [1.165, 1.54) is 26.4 Å². The number of ether oxygens (including phenoxy) is 2. The van der Waals surface area contributed by atoms with E-state index in [1.807, 2.05) is 0 Å². The lowest BCUT2D eigenvalue weighted by Crippen LogP contribution is -2.44. The predicted molar refractivity (Wildman–Crippen MR) is 76.1 cm³/mol. The summed E-state index contributed by atoms with van der Waals surface area (Å²) < 4.78 is 36.9. The van der Waals surface area contributed by atoms with Gasteiger partial charge in [0.2, 0.25) is 10.0 Å². The summed E-state index contributed by atoms with van der Waals surface area (Å²) in [5.41, 5.74) is 0. The van der Waals surface area contributed by atoms with Gasteiger partial charge in [-0.1, -0.05) is 13.8 Å². The van der Waals surface area contributed by atoms with E-state index in [0.29, 0.717) is 5.75 Å². The van der Waals surface area contributed by atoms with Crippen molar-refractivity contribution in [3.63, 3.8) is 0 Å². The molecule has 0 fully saturated rings. The van der Waals surface area contributed by atoms with Crippen molar-refractivity contribution in [2.24, 2.45) is 5.92 Å². The molecule has 0 saturated carbocycles. The number of hydrogen-bond acceptors (Lipinski definition) is 5. The molecule has 0 spiro atoms. The first-order chi connectivity index (χ1) is 9.72. The van der Waals surface area contributed by atoms with Crippen molar-refractivity contribution in [3.8, 4) is 11.5 Å². The number of carboxylic acid groups (broad SMARTS) is 1. The first-order valence-electron chi connectivity index (χ1n) is 6.20. The van der Waals surface area contributed by atoms with Crippen LogP contribution in [0.1, 0.15) is 13.8 Å². The van der Waals surface area contributed by atoms with Crippen molar-refractivity contribution in [2.75, 3.05) is 14.2 Å². The van der Waals surface area contributed by atoms with Crippen molar-refractivity contribution in [1.29, 1.82) is 0 Å². The lowest BCUT2D eigenvalue weighted by Gasteiger charge is -2.19. The number of carboxylic acids is 1. The third-order valence-corrected chi connectivity index (χ3v) is 4.34. The zero-order chi connectivity index (χ0) is 16.2. The summed E-state index contributed by atoms with van der Waals surface area (Å²) in [5, 5.41) is 9.10. The standard InChI is InChI=1S/C13H19NO6S/c1-8(2)12(13(15)16)14-21(17,18)11-7-9(19-3)5-6-10(11)20-4/h5-8,12,14H,1-4H3,(H,15,16)/t12-/m1/s1. The van der Waals surface area contributed by atoms with Crippen LogP contribution in [0.4, 0.5) is 0 Å². The molecule has 0 saturated heterocycles. The van der Waals surface area contributed by atoms with Crippen LogP contribution in [-0.4, -0.2) is 39.8 Å². The number of hydrogen-bond donors (Lipinski definition) is 2. The molecule has 118 valence electrons. The lowest BCUT2D eigenvalue weighted by atomic mass is 10.1. The van der Waals surface area contributed by atoms with Crippen LogP contribution in [0.3, 0.4) is 0 Å². The summed E-state index contributed by atoms with van der Waals surface area (Å²) in [4.78, 5) is 11.0. The van der Waals surface area contributed by atoms with Gasteiger partial charge in [-0.15, -0.1) is 0 Å². The van der Waals surface area contributed by atoms with Gasteiger partial charge in [-0.25, -0.2) is 8.42 Å². The smallest absolute Gasteiger partial charge is 0.322 e. The molecule has 0 amide bonds. The molecular weight excluding hydrogens is 298 g/mol. The number of sulfonamides is 1. The molecule has 2 N–H and O–H groups in total. The fourth-order valence-electron chi connectivity index (χ4n) is 1.70. The summed E-state index contributed by atoms with van der Waals surface area (Å²) in [6.45, 7) is 3.23. The molecule has 7 nitrogen and oxygen atoms in total. The van der Waals surface area contributed by atoms with Crippen LogP contribution in [-0.2, 0) is 14.8 Å². The molecule has 1 rings (SSSR count). The summed E-state index contributed by atoms with van der Waals surface area (Å²) in [7, 11) is -1.33. The Morgan fingerprint density at radius 1 is 1.24 bits per heavy atom. The van der Waals surface area contributed by atoms with Gasteiger partial charge in [0.15, 0.2) is 0 Å². The van der Waals surface area contributed by atoms with Gasteiger partial charge in [-0.3, -0.25) is 4.79 Å². The highest BCUT2D eigenvalue weighted by molar-refractivity contribution is 7.89. The van der Waals surface area contributed by atoms with Gasteiger partial charge in [-0.05, 0) is 18.1 Å². The fourth-order valence-corrected chi connectivity index (χ4v) is 3.22. The maximum Gasteiger partial charge on any atom is 0.322 e. The highest BCUT2D eigenvalue weighted by Crippen LogP contribution is 2.28. The Balaban J connectivity index is 3.26. The first kappa shape index (κ1) is 17.3. The number of methoxy groups -OCH3 is 2. The van der Waals surface area contributed by atoms with Crippen molar-refractivity contribution >= 4 is 16.0 Å². The van der Waals surface area contributed by atoms with Gasteiger partial charge < -0.3 is 14.6 Å². The van der Waals surface area contributed by atoms with E-state index in [4.69, 9.17) is 14.6 Å². The maximum absolute atomic E-state index is 12.4. The fraction of sp³-hybridized carbons (Fsp3) is 0.462.